The maximum atomic E-state index is 14.4. The molecule has 16 nitrogen and oxygen atoms in total. The fourth-order valence-electron chi connectivity index (χ4n) is 8.58. The molecule has 4 N–H and O–H groups in total. The van der Waals surface area contributed by atoms with Crippen molar-refractivity contribution in [1.82, 2.24) is 45.3 Å². The lowest BCUT2D eigenvalue weighted by Gasteiger charge is -2.34. The summed E-state index contributed by atoms with van der Waals surface area (Å²) < 4.78 is 5.07. The van der Waals surface area contributed by atoms with E-state index in [9.17, 15) is 29.4 Å². The first-order valence-electron chi connectivity index (χ1n) is 19.2. The Balaban J connectivity index is 1.11. The predicted molar refractivity (Wildman–Crippen MR) is 185 cm³/mol. The van der Waals surface area contributed by atoms with Crippen LogP contribution in [0, 0.1) is 11.3 Å². The molecule has 4 amide bonds. The molecule has 0 bridgehead atoms. The Kier molecular flexibility index (Phi) is 10.1. The van der Waals surface area contributed by atoms with Gasteiger partial charge in [-0.05, 0) is 43.9 Å². The number of hydrogen-bond acceptors (Lipinski definition) is 9. The molecule has 5 fully saturated rings. The van der Waals surface area contributed by atoms with E-state index in [-0.39, 0.29) is 62.2 Å². The number of hydrogen-bond donors (Lipinski definition) is 4. The molecule has 7 rings (SSSR count). The minimum absolute atomic E-state index is 0.0139. The number of β-amino-alcohol motifs (C(OH)–C–C–N with tert-alkyl or cyclic N) is 2. The highest BCUT2D eigenvalue weighted by atomic mass is 16.3. The lowest BCUT2D eigenvalue weighted by molar-refractivity contribution is -0.773. The number of likely N-dealkylation sites (N-methyl/N-ethyl adjacent to an activating group) is 1. The zero-order chi connectivity index (χ0) is 36.9. The normalized spacial score (nSPS) is 26.7. The smallest absolute Gasteiger partial charge is 0.271 e. The highest BCUT2D eigenvalue weighted by molar-refractivity contribution is 5.90. The van der Waals surface area contributed by atoms with Gasteiger partial charge in [0.1, 0.15) is 18.1 Å². The molecule has 2 saturated heterocycles. The summed E-state index contributed by atoms with van der Waals surface area (Å²) in [6, 6.07) is -3.00. The summed E-state index contributed by atoms with van der Waals surface area (Å²) in [5.41, 5.74) is 1.24. The third kappa shape index (κ3) is 7.45. The molecule has 4 heterocycles. The van der Waals surface area contributed by atoms with Crippen LogP contribution >= 0.6 is 0 Å². The number of amides is 4. The quantitative estimate of drug-likeness (QED) is 0.242. The number of carbonyl (C=O) groups excluding carboxylic acids is 4. The SMILES string of the molecule is CNC(=O)C1CC(O)CN1C(=O)[C@H](C1CCCCC1)[n+]1cc(C2CC2)n(CNC(=O)C2CC(O)CN2C(=O)C(n2cc(C3CC3)nn2)C(C)(C)C)n1. The molecule has 5 unspecified atom stereocenters. The molecule has 0 spiro atoms. The van der Waals surface area contributed by atoms with E-state index in [0.717, 1.165) is 69.2 Å². The van der Waals surface area contributed by atoms with Gasteiger partial charge in [-0.3, -0.25) is 19.2 Å². The minimum Gasteiger partial charge on any atom is -0.391 e. The second-order valence-electron chi connectivity index (χ2n) is 16.8. The number of aliphatic hydroxyl groups excluding tert-OH is 2. The fraction of sp³-hybridized carbons (Fsp3) is 0.778. The summed E-state index contributed by atoms with van der Waals surface area (Å²) in [7, 11) is 1.53. The second kappa shape index (κ2) is 14.5. The van der Waals surface area contributed by atoms with E-state index < -0.39 is 47.7 Å². The van der Waals surface area contributed by atoms with Crippen LogP contribution in [0.5, 0.6) is 0 Å². The summed E-state index contributed by atoms with van der Waals surface area (Å²) in [6.45, 7) is 6.02. The molecule has 284 valence electrons. The van der Waals surface area contributed by atoms with Crippen molar-refractivity contribution < 1.29 is 34.1 Å². The Bertz CT molecular complexity index is 1650. The molecule has 6 atom stereocenters. The first-order chi connectivity index (χ1) is 24.8. The Morgan fingerprint density at radius 3 is 2.10 bits per heavy atom. The van der Waals surface area contributed by atoms with Crippen molar-refractivity contribution in [2.24, 2.45) is 11.3 Å². The van der Waals surface area contributed by atoms with Crippen LogP contribution in [0.25, 0.3) is 0 Å². The van der Waals surface area contributed by atoms with Gasteiger partial charge in [0.05, 0.1) is 23.1 Å². The molecule has 3 saturated carbocycles. The van der Waals surface area contributed by atoms with Crippen molar-refractivity contribution in [3.63, 3.8) is 0 Å². The largest absolute Gasteiger partial charge is 0.391 e. The average molecular weight is 724 g/mol. The maximum Gasteiger partial charge on any atom is 0.271 e. The van der Waals surface area contributed by atoms with Crippen molar-refractivity contribution >= 4 is 23.6 Å². The van der Waals surface area contributed by atoms with Crippen molar-refractivity contribution in [2.75, 3.05) is 20.1 Å². The third-order valence-corrected chi connectivity index (χ3v) is 11.6. The monoisotopic (exact) mass is 723 g/mol. The number of nitrogens with zero attached hydrogens (tertiary/aromatic N) is 8. The molecule has 5 aliphatic rings. The van der Waals surface area contributed by atoms with Gasteiger partial charge in [-0.1, -0.05) is 45.2 Å². The van der Waals surface area contributed by atoms with Crippen LogP contribution in [0.3, 0.4) is 0 Å². The summed E-state index contributed by atoms with van der Waals surface area (Å²) in [4.78, 5) is 58.3. The van der Waals surface area contributed by atoms with Crippen LogP contribution in [0.1, 0.15) is 127 Å². The number of nitrogens with one attached hydrogen (secondary N) is 2. The summed E-state index contributed by atoms with van der Waals surface area (Å²) >= 11 is 0. The van der Waals surface area contributed by atoms with Gasteiger partial charge in [0, 0.05) is 56.9 Å². The molecule has 16 heteroatoms. The van der Waals surface area contributed by atoms with Crippen molar-refractivity contribution in [1.29, 1.82) is 0 Å². The van der Waals surface area contributed by atoms with Gasteiger partial charge in [0.15, 0.2) is 18.6 Å². The van der Waals surface area contributed by atoms with E-state index in [4.69, 9.17) is 5.21 Å². The van der Waals surface area contributed by atoms with Crippen LogP contribution in [0.15, 0.2) is 12.4 Å². The number of aliphatic hydroxyl groups is 2. The molecule has 3 aliphatic carbocycles. The van der Waals surface area contributed by atoms with Crippen molar-refractivity contribution in [3.8, 4) is 0 Å². The molecular weight excluding hydrogens is 668 g/mol. The first-order valence-corrected chi connectivity index (χ1v) is 19.2. The summed E-state index contributed by atoms with van der Waals surface area (Å²) in [5, 5.41) is 40.4. The topological polar surface area (TPSA) is 192 Å². The Morgan fingerprint density at radius 2 is 1.50 bits per heavy atom. The van der Waals surface area contributed by atoms with E-state index in [1.807, 2.05) is 33.2 Å². The van der Waals surface area contributed by atoms with Crippen LogP contribution < -0.4 is 15.3 Å². The summed E-state index contributed by atoms with van der Waals surface area (Å²) in [6.07, 6.45) is 11.3. The zero-order valence-corrected chi connectivity index (χ0v) is 30.9. The Morgan fingerprint density at radius 1 is 0.885 bits per heavy atom. The number of likely N-dealkylation sites (tertiary alicyclic amines) is 2. The van der Waals surface area contributed by atoms with Gasteiger partial charge in [-0.2, -0.15) is 0 Å². The van der Waals surface area contributed by atoms with E-state index >= 15 is 0 Å². The zero-order valence-electron chi connectivity index (χ0n) is 30.9. The van der Waals surface area contributed by atoms with Gasteiger partial charge in [0.25, 0.3) is 5.91 Å². The van der Waals surface area contributed by atoms with Gasteiger partial charge in [-0.25, -0.2) is 4.68 Å². The second-order valence-corrected chi connectivity index (χ2v) is 16.8. The van der Waals surface area contributed by atoms with E-state index in [1.54, 1.807) is 14.0 Å². The molecule has 0 radical (unpaired) electrons. The van der Waals surface area contributed by atoms with E-state index in [0.29, 0.717) is 5.92 Å². The van der Waals surface area contributed by atoms with Crippen LogP contribution in [-0.2, 0) is 25.8 Å². The molecular formula is C36H55N10O6+. The van der Waals surface area contributed by atoms with Gasteiger partial charge >= 0.3 is 0 Å². The molecule has 0 aromatic carbocycles. The maximum absolute atomic E-state index is 14.4. The number of rotatable bonds is 11. The van der Waals surface area contributed by atoms with Crippen molar-refractivity contribution in [2.45, 2.75) is 146 Å². The number of carbonyl (C=O) groups is 4. The van der Waals surface area contributed by atoms with Crippen molar-refractivity contribution in [3.05, 3.63) is 23.8 Å². The fourth-order valence-corrected chi connectivity index (χ4v) is 8.58. The Hall–Kier alpha value is -3.92. The summed E-state index contributed by atoms with van der Waals surface area (Å²) in [5.74, 6) is -0.575. The highest BCUT2D eigenvalue weighted by Crippen LogP contribution is 2.41. The van der Waals surface area contributed by atoms with Crippen LogP contribution in [0.2, 0.25) is 0 Å². The molecule has 2 aromatic rings. The van der Waals surface area contributed by atoms with Gasteiger partial charge in [0.2, 0.25) is 23.8 Å². The van der Waals surface area contributed by atoms with E-state index in [2.05, 4.69) is 20.9 Å². The predicted octanol–water partition coefficient (Wildman–Crippen LogP) is 0.669. The average Bonchev–Trinajstić information content (AvgIpc) is 3.96. The minimum atomic E-state index is -0.884. The third-order valence-electron chi connectivity index (χ3n) is 11.6. The standard InChI is InChI=1S/C36H54N10O6/c1-36(2,3)31(45-18-26(39-40-45)21-10-11-21)35(52)43-17-25(48)15-28(43)33(50)38-20-46-29(22-12-13-22)19-44(41-46)30(23-8-6-5-7-9-23)34(51)42-16-24(47)14-27(42)32(49)37-4/h18-19,21-25,27-28,30-31,47-48H,5-17,20H2,1-4H3,(H-,37,38,49,50)/p+1/t24?,25?,27?,28?,30-,31?/m0/s1. The lowest BCUT2D eigenvalue weighted by Crippen LogP contribution is -2.57. The van der Waals surface area contributed by atoms with Gasteiger partial charge < -0.3 is 30.6 Å². The molecule has 2 aromatic heterocycles. The lowest BCUT2D eigenvalue weighted by atomic mass is 9.83. The number of aromatic nitrogens is 6. The first kappa shape index (κ1) is 36.4. The van der Waals surface area contributed by atoms with Crippen LogP contribution in [0.4, 0.5) is 0 Å². The molecule has 2 aliphatic heterocycles. The Labute approximate surface area is 304 Å². The van der Waals surface area contributed by atoms with Gasteiger partial charge in [-0.15, -0.1) is 14.5 Å². The van der Waals surface area contributed by atoms with E-state index in [1.165, 1.54) is 16.8 Å². The van der Waals surface area contributed by atoms with Crippen LogP contribution in [-0.4, -0.2) is 113 Å². The highest BCUT2D eigenvalue weighted by Gasteiger charge is 2.48. The molecule has 52 heavy (non-hydrogen) atoms.